The first kappa shape index (κ1) is 18.5. The molecule has 1 fully saturated rings. The lowest BCUT2D eigenvalue weighted by Gasteiger charge is -2.14. The molecule has 0 bridgehead atoms. The van der Waals surface area contributed by atoms with E-state index in [1.54, 1.807) is 35.5 Å². The third kappa shape index (κ3) is 3.27. The molecule has 10 heteroatoms. The van der Waals surface area contributed by atoms with Gasteiger partial charge in [0.1, 0.15) is 5.57 Å². The summed E-state index contributed by atoms with van der Waals surface area (Å²) in [5.41, 5.74) is 3.45. The van der Waals surface area contributed by atoms with Gasteiger partial charge in [0.15, 0.2) is 11.5 Å². The summed E-state index contributed by atoms with van der Waals surface area (Å²) >= 11 is 3.32. The number of nitrogens with one attached hydrogen (secondary N) is 2. The number of carbonyl (C=O) groups excluding carboxylic acids is 2. The van der Waals surface area contributed by atoms with Crippen LogP contribution >= 0.6 is 15.9 Å². The second-order valence-electron chi connectivity index (χ2n) is 5.51. The van der Waals surface area contributed by atoms with E-state index < -0.39 is 11.8 Å². The van der Waals surface area contributed by atoms with Crippen molar-refractivity contribution < 1.29 is 29.7 Å². The smallest absolute Gasteiger partial charge is 0.282 e. The number of carbonyl (C=O) groups is 2. The summed E-state index contributed by atoms with van der Waals surface area (Å²) in [6, 6.07) is 9.90. The zero-order valence-corrected chi connectivity index (χ0v) is 15.1. The fraction of sp³-hybridized carbons (Fsp3) is 0.0588. The van der Waals surface area contributed by atoms with E-state index >= 15 is 0 Å². The number of hydrogen-bond donors (Lipinski definition) is 2. The molecule has 0 aliphatic carbocycles. The quantitative estimate of drug-likeness (QED) is 0.547. The molecule has 9 nitrogen and oxygen atoms in total. The van der Waals surface area contributed by atoms with Gasteiger partial charge < -0.3 is 14.9 Å². The van der Waals surface area contributed by atoms with Crippen molar-refractivity contribution in [3.05, 3.63) is 56.9 Å². The third-order valence-corrected chi connectivity index (χ3v) is 4.46. The molecule has 2 aromatic rings. The van der Waals surface area contributed by atoms with Crippen LogP contribution in [0.5, 0.6) is 11.5 Å². The molecule has 138 valence electrons. The molecule has 0 radical (unpaired) electrons. The van der Waals surface area contributed by atoms with Crippen LogP contribution in [-0.4, -0.2) is 24.1 Å². The Kier molecular flexibility index (Phi) is 4.93. The van der Waals surface area contributed by atoms with E-state index in [1.165, 1.54) is 12.1 Å². The summed E-state index contributed by atoms with van der Waals surface area (Å²) < 4.78 is 11.3. The fourth-order valence-electron chi connectivity index (χ4n) is 2.65. The highest BCUT2D eigenvalue weighted by molar-refractivity contribution is 9.10. The van der Waals surface area contributed by atoms with E-state index in [9.17, 15) is 14.5 Å². The van der Waals surface area contributed by atoms with Gasteiger partial charge in [-0.25, -0.2) is 5.01 Å². The van der Waals surface area contributed by atoms with E-state index in [0.29, 0.717) is 22.7 Å². The van der Waals surface area contributed by atoms with Crippen molar-refractivity contribution in [1.29, 1.82) is 0 Å². The Morgan fingerprint density at radius 2 is 1.78 bits per heavy atom. The lowest BCUT2D eigenvalue weighted by molar-refractivity contribution is -0.379. The Balaban J connectivity index is 0.00000210. The van der Waals surface area contributed by atoms with Crippen molar-refractivity contribution in [3.8, 4) is 11.5 Å². The van der Waals surface area contributed by atoms with Gasteiger partial charge in [-0.15, -0.1) is 0 Å². The predicted octanol–water partition coefficient (Wildman–Crippen LogP) is 0.941. The SMILES string of the molecule is O=[NH+]c1cc2c(cc1/C=C1\C(=O)NN(c3ccc(Br)cc3)C1=O)OCO2.[OH-]. The van der Waals surface area contributed by atoms with Crippen LogP contribution in [0.25, 0.3) is 6.08 Å². The number of anilines is 1. The van der Waals surface area contributed by atoms with E-state index in [1.807, 2.05) is 0 Å². The van der Waals surface area contributed by atoms with Crippen LogP contribution in [0.4, 0.5) is 11.4 Å². The Morgan fingerprint density at radius 1 is 1.11 bits per heavy atom. The molecular formula is C17H12BrN3O6. The van der Waals surface area contributed by atoms with Crippen LogP contribution in [-0.2, 0) is 9.59 Å². The number of nitrogens with zero attached hydrogens (tertiary/aromatic N) is 1. The molecule has 2 amide bonds. The first-order valence-corrected chi connectivity index (χ1v) is 8.30. The second-order valence-corrected chi connectivity index (χ2v) is 6.43. The van der Waals surface area contributed by atoms with Crippen LogP contribution in [0.1, 0.15) is 5.56 Å². The maximum absolute atomic E-state index is 12.6. The molecule has 2 heterocycles. The number of halogens is 1. The fourth-order valence-corrected chi connectivity index (χ4v) is 2.91. The predicted molar refractivity (Wildman–Crippen MR) is 96.2 cm³/mol. The second kappa shape index (κ2) is 7.17. The normalized spacial score (nSPS) is 16.3. The highest BCUT2D eigenvalue weighted by Crippen LogP contribution is 2.36. The minimum atomic E-state index is -0.563. The highest BCUT2D eigenvalue weighted by Gasteiger charge is 2.35. The van der Waals surface area contributed by atoms with Crippen LogP contribution in [0.2, 0.25) is 0 Å². The maximum atomic E-state index is 12.6. The number of fused-ring (bicyclic) bond motifs is 1. The molecule has 1 saturated heterocycles. The van der Waals surface area contributed by atoms with Gasteiger partial charge in [0.25, 0.3) is 17.5 Å². The minimum absolute atomic E-state index is 0. The number of hydrogen-bond acceptors (Lipinski definition) is 6. The number of rotatable bonds is 3. The van der Waals surface area contributed by atoms with Gasteiger partial charge in [0.2, 0.25) is 6.79 Å². The topological polar surface area (TPSA) is 129 Å². The molecule has 4 rings (SSSR count). The minimum Gasteiger partial charge on any atom is -0.870 e. The molecule has 0 spiro atoms. The molecule has 0 saturated carbocycles. The summed E-state index contributed by atoms with van der Waals surface area (Å²) in [6.07, 6.45) is 1.35. The summed E-state index contributed by atoms with van der Waals surface area (Å²) in [4.78, 5) is 36.1. The van der Waals surface area contributed by atoms with Gasteiger partial charge in [-0.3, -0.25) is 15.0 Å². The van der Waals surface area contributed by atoms with Crippen molar-refractivity contribution in [2.75, 3.05) is 11.8 Å². The third-order valence-electron chi connectivity index (χ3n) is 3.93. The lowest BCUT2D eigenvalue weighted by atomic mass is 10.1. The van der Waals surface area contributed by atoms with Crippen molar-refractivity contribution in [3.63, 3.8) is 0 Å². The van der Waals surface area contributed by atoms with Gasteiger partial charge >= 0.3 is 0 Å². The van der Waals surface area contributed by atoms with E-state index in [0.717, 1.165) is 9.48 Å². The molecule has 3 N–H and O–H groups in total. The molecule has 0 unspecified atom stereocenters. The Bertz CT molecular complexity index is 973. The van der Waals surface area contributed by atoms with Crippen molar-refractivity contribution in [1.82, 2.24) is 5.43 Å². The standard InChI is InChI=1S/C17H10BrN3O5.H2O/c18-10-1-3-11(4-2-10)21-17(23)12(16(22)19-21)5-9-6-14-15(26-8-25-14)7-13(9)20-24;/h1-7H,8H2,(H,19,22);1H2/b12-5+;. The number of hydrazine groups is 1. The first-order chi connectivity index (χ1) is 12.6. The lowest BCUT2D eigenvalue weighted by Crippen LogP contribution is -2.56. The van der Waals surface area contributed by atoms with Gasteiger partial charge in [0, 0.05) is 14.6 Å². The molecule has 2 aromatic carbocycles. The zero-order chi connectivity index (χ0) is 18.3. The molecular weight excluding hydrogens is 422 g/mol. The summed E-state index contributed by atoms with van der Waals surface area (Å²) in [6.45, 7) is 0.0460. The van der Waals surface area contributed by atoms with E-state index in [4.69, 9.17) is 9.47 Å². The van der Waals surface area contributed by atoms with E-state index in [2.05, 4.69) is 21.4 Å². The van der Waals surface area contributed by atoms with Crippen LogP contribution in [0, 0.1) is 4.91 Å². The first-order valence-electron chi connectivity index (χ1n) is 7.51. The van der Waals surface area contributed by atoms with Crippen molar-refractivity contribution >= 4 is 45.2 Å². The zero-order valence-electron chi connectivity index (χ0n) is 13.6. The molecule has 2 aliphatic rings. The average molecular weight is 434 g/mol. The van der Waals surface area contributed by atoms with Crippen molar-refractivity contribution in [2.24, 2.45) is 0 Å². The molecule has 2 aliphatic heterocycles. The molecule has 27 heavy (non-hydrogen) atoms. The maximum Gasteiger partial charge on any atom is 0.282 e. The van der Waals surface area contributed by atoms with Crippen LogP contribution < -0.4 is 25.1 Å². The Labute approximate surface area is 160 Å². The van der Waals surface area contributed by atoms with E-state index in [-0.39, 0.29) is 23.5 Å². The van der Waals surface area contributed by atoms with Gasteiger partial charge in [-0.1, -0.05) is 15.9 Å². The number of benzene rings is 2. The summed E-state index contributed by atoms with van der Waals surface area (Å²) in [7, 11) is 0. The Morgan fingerprint density at radius 3 is 2.44 bits per heavy atom. The summed E-state index contributed by atoms with van der Waals surface area (Å²) in [5, 5.41) is 2.94. The largest absolute Gasteiger partial charge is 0.870 e. The van der Waals surface area contributed by atoms with Crippen LogP contribution in [0.3, 0.4) is 0 Å². The number of nitroso groups, excluding NO2 is 1. The van der Waals surface area contributed by atoms with Gasteiger partial charge in [-0.2, -0.15) is 0 Å². The van der Waals surface area contributed by atoms with Crippen LogP contribution in [0.15, 0.2) is 46.4 Å². The summed E-state index contributed by atoms with van der Waals surface area (Å²) in [5.74, 6) is -0.227. The Hall–Kier alpha value is -3.24. The average Bonchev–Trinajstić information content (AvgIpc) is 3.20. The van der Waals surface area contributed by atoms with Gasteiger partial charge in [0.05, 0.1) is 17.3 Å². The molecule has 0 aromatic heterocycles. The van der Waals surface area contributed by atoms with Gasteiger partial charge in [-0.05, 0) is 36.4 Å². The molecule has 0 atom stereocenters. The highest BCUT2D eigenvalue weighted by atomic mass is 79.9. The number of amides is 2. The number of ether oxygens (including phenoxy) is 2. The monoisotopic (exact) mass is 433 g/mol. The van der Waals surface area contributed by atoms with Crippen molar-refractivity contribution in [2.45, 2.75) is 0 Å².